The molecule has 0 atom stereocenters. The smallest absolute Gasteiger partial charge is 0.223 e. The largest absolute Gasteiger partial charge is 0.334 e. The predicted molar refractivity (Wildman–Crippen MR) is 157 cm³/mol. The average molecular weight is 526 g/mol. The zero-order valence-electron chi connectivity index (χ0n) is 24.0. The lowest BCUT2D eigenvalue weighted by atomic mass is 10.1. The first-order valence-electron chi connectivity index (χ1n) is 13.6. The predicted octanol–water partition coefficient (Wildman–Crippen LogP) is 5.67. The fourth-order valence-electron chi connectivity index (χ4n) is 5.42. The van der Waals surface area contributed by atoms with Crippen LogP contribution in [-0.2, 0) is 40.3 Å². The lowest BCUT2D eigenvalue weighted by molar-refractivity contribution is -0.129. The van der Waals surface area contributed by atoms with E-state index in [4.69, 9.17) is 0 Å². The number of fused-ring (bicyclic) bond motifs is 3. The summed E-state index contributed by atoms with van der Waals surface area (Å²) in [7, 11) is 0. The molecule has 6 rings (SSSR count). The molecule has 0 aliphatic carbocycles. The molecule has 3 aromatic carbocycles. The number of benzene rings is 3. The molecular weight excluding hydrogens is 486 g/mol. The summed E-state index contributed by atoms with van der Waals surface area (Å²) in [6.45, 7) is 14.3. The number of nitrogens with zero attached hydrogens (tertiary/aromatic N) is 3. The minimum absolute atomic E-state index is 0.141. The molecule has 0 N–H and O–H groups in total. The van der Waals surface area contributed by atoms with Gasteiger partial charge in [-0.3, -0.25) is 14.4 Å². The number of carbonyl (C=O) groups excluding carboxylic acids is 3. The molecule has 0 fully saturated rings. The van der Waals surface area contributed by atoms with Gasteiger partial charge >= 0.3 is 0 Å². The Morgan fingerprint density at radius 3 is 1.64 bits per heavy atom. The lowest BCUT2D eigenvalue weighted by Gasteiger charge is -2.14. The van der Waals surface area contributed by atoms with Gasteiger partial charge in [0, 0.05) is 58.3 Å². The van der Waals surface area contributed by atoms with Crippen LogP contribution in [0.5, 0.6) is 0 Å². The molecule has 0 bridgehead atoms. The van der Waals surface area contributed by atoms with Crippen LogP contribution in [0.15, 0.2) is 54.6 Å². The second kappa shape index (κ2) is 11.9. The molecule has 0 saturated heterocycles. The van der Waals surface area contributed by atoms with Gasteiger partial charge in [0.25, 0.3) is 0 Å². The Kier molecular flexibility index (Phi) is 8.54. The van der Waals surface area contributed by atoms with Gasteiger partial charge in [-0.15, -0.1) is 0 Å². The summed E-state index contributed by atoms with van der Waals surface area (Å²) >= 11 is 0. The van der Waals surface area contributed by atoms with Crippen molar-refractivity contribution >= 4 is 29.1 Å². The topological polar surface area (TPSA) is 60.9 Å². The van der Waals surface area contributed by atoms with E-state index >= 15 is 0 Å². The van der Waals surface area contributed by atoms with Crippen LogP contribution in [0.25, 0.3) is 0 Å². The number of hydrogen-bond donors (Lipinski definition) is 0. The molecule has 204 valence electrons. The Balaban J connectivity index is 0.000000136. The van der Waals surface area contributed by atoms with Gasteiger partial charge in [-0.05, 0) is 73.6 Å². The second-order valence-corrected chi connectivity index (χ2v) is 10.8. The summed E-state index contributed by atoms with van der Waals surface area (Å²) in [5.74, 6) is 0.445. The SMILES string of the molecule is CC(=O)N1CCc2cc(C)ccc21.CC(=O)N1CCc2ccc(C)cc21.CC(=O)N1Cc2ccc(C)cc2C1. The monoisotopic (exact) mass is 525 g/mol. The fourth-order valence-corrected chi connectivity index (χ4v) is 5.42. The van der Waals surface area contributed by atoms with E-state index < -0.39 is 0 Å². The zero-order chi connectivity index (χ0) is 28.3. The van der Waals surface area contributed by atoms with Crippen LogP contribution >= 0.6 is 0 Å². The Labute approximate surface area is 232 Å². The van der Waals surface area contributed by atoms with Crippen molar-refractivity contribution in [3.05, 3.63) is 93.5 Å². The first-order chi connectivity index (χ1) is 18.5. The van der Waals surface area contributed by atoms with Crippen molar-refractivity contribution in [1.82, 2.24) is 4.90 Å². The van der Waals surface area contributed by atoms with Crippen LogP contribution in [0.1, 0.15) is 59.7 Å². The van der Waals surface area contributed by atoms with Crippen LogP contribution in [-0.4, -0.2) is 35.7 Å². The van der Waals surface area contributed by atoms with Gasteiger partial charge in [-0.1, -0.05) is 53.6 Å². The molecule has 0 unspecified atom stereocenters. The van der Waals surface area contributed by atoms with Gasteiger partial charge < -0.3 is 14.7 Å². The van der Waals surface area contributed by atoms with E-state index in [0.717, 1.165) is 50.4 Å². The molecular formula is C33H39N3O3. The molecule has 0 aromatic heterocycles. The highest BCUT2D eigenvalue weighted by Crippen LogP contribution is 2.29. The van der Waals surface area contributed by atoms with Gasteiger partial charge in [0.05, 0.1) is 0 Å². The zero-order valence-corrected chi connectivity index (χ0v) is 24.0. The number of anilines is 2. The molecule has 3 amide bonds. The molecule has 3 aliphatic rings. The third-order valence-electron chi connectivity index (χ3n) is 7.56. The molecule has 6 nitrogen and oxygen atoms in total. The first-order valence-corrected chi connectivity index (χ1v) is 13.6. The van der Waals surface area contributed by atoms with Crippen LogP contribution in [0.2, 0.25) is 0 Å². The van der Waals surface area contributed by atoms with Gasteiger partial charge in [0.2, 0.25) is 17.7 Å². The van der Waals surface area contributed by atoms with Crippen LogP contribution < -0.4 is 9.80 Å². The quantitative estimate of drug-likeness (QED) is 0.380. The highest BCUT2D eigenvalue weighted by Gasteiger charge is 2.23. The van der Waals surface area contributed by atoms with Crippen LogP contribution in [0.3, 0.4) is 0 Å². The van der Waals surface area contributed by atoms with Gasteiger partial charge in [-0.2, -0.15) is 0 Å². The molecule has 3 aliphatic heterocycles. The van der Waals surface area contributed by atoms with Gasteiger partial charge in [0.1, 0.15) is 0 Å². The Bertz CT molecular complexity index is 1410. The van der Waals surface area contributed by atoms with Crippen molar-refractivity contribution in [2.75, 3.05) is 22.9 Å². The highest BCUT2D eigenvalue weighted by atomic mass is 16.2. The van der Waals surface area contributed by atoms with Gasteiger partial charge in [0.15, 0.2) is 0 Å². The van der Waals surface area contributed by atoms with Gasteiger partial charge in [-0.25, -0.2) is 0 Å². The summed E-state index contributed by atoms with van der Waals surface area (Å²) in [5.41, 5.74) is 11.1. The molecule has 0 spiro atoms. The summed E-state index contributed by atoms with van der Waals surface area (Å²) in [6.07, 6.45) is 1.99. The second-order valence-electron chi connectivity index (χ2n) is 10.8. The summed E-state index contributed by atoms with van der Waals surface area (Å²) in [4.78, 5) is 39.1. The van der Waals surface area contributed by atoms with E-state index in [2.05, 4.69) is 69.3 Å². The van der Waals surface area contributed by atoms with Crippen molar-refractivity contribution in [2.24, 2.45) is 0 Å². The van der Waals surface area contributed by atoms with Crippen LogP contribution in [0.4, 0.5) is 11.4 Å². The lowest BCUT2D eigenvalue weighted by Crippen LogP contribution is -2.25. The van der Waals surface area contributed by atoms with E-state index in [1.807, 2.05) is 20.8 Å². The maximum absolute atomic E-state index is 11.2. The summed E-state index contributed by atoms with van der Waals surface area (Å²) in [6, 6.07) is 18.9. The molecule has 39 heavy (non-hydrogen) atoms. The minimum atomic E-state index is 0.141. The number of carbonyl (C=O) groups is 3. The first kappa shape index (κ1) is 28.1. The third kappa shape index (κ3) is 6.56. The average Bonchev–Trinajstić information content (AvgIpc) is 3.60. The van der Waals surface area contributed by atoms with E-state index in [9.17, 15) is 14.4 Å². The molecule has 3 heterocycles. The van der Waals surface area contributed by atoms with Crippen molar-refractivity contribution in [3.8, 4) is 0 Å². The molecule has 0 saturated carbocycles. The molecule has 6 heteroatoms. The standard InChI is InChI=1S/3C11H13NO/c1-8-3-4-10-6-12(9(2)13)7-11(10)5-8;1-8-3-4-11-10(7-8)5-6-12(11)9(2)13;1-8-3-4-10-5-6-12(9(2)13)11(10)7-8/h3-5H,6-7H2,1-2H3;2*3-4,7H,5-6H2,1-2H3. The van der Waals surface area contributed by atoms with Crippen molar-refractivity contribution < 1.29 is 14.4 Å². The van der Waals surface area contributed by atoms with Crippen molar-refractivity contribution in [3.63, 3.8) is 0 Å². The summed E-state index contributed by atoms with van der Waals surface area (Å²) < 4.78 is 0. The minimum Gasteiger partial charge on any atom is -0.334 e. The van der Waals surface area contributed by atoms with Crippen LogP contribution in [0, 0.1) is 20.8 Å². The number of rotatable bonds is 0. The summed E-state index contributed by atoms with van der Waals surface area (Å²) in [5, 5.41) is 0. The maximum Gasteiger partial charge on any atom is 0.223 e. The van der Waals surface area contributed by atoms with Crippen molar-refractivity contribution in [2.45, 2.75) is 67.5 Å². The maximum atomic E-state index is 11.2. The normalized spacial score (nSPS) is 14.5. The van der Waals surface area contributed by atoms with E-state index in [1.54, 1.807) is 20.8 Å². The molecule has 0 radical (unpaired) electrons. The number of aryl methyl sites for hydroxylation is 3. The van der Waals surface area contributed by atoms with E-state index in [0.29, 0.717) is 0 Å². The Morgan fingerprint density at radius 1 is 0.538 bits per heavy atom. The Hall–Kier alpha value is -3.93. The van der Waals surface area contributed by atoms with E-state index in [-0.39, 0.29) is 17.7 Å². The van der Waals surface area contributed by atoms with E-state index in [1.165, 1.54) is 38.9 Å². The molecule has 3 aromatic rings. The third-order valence-corrected chi connectivity index (χ3v) is 7.56. The highest BCUT2D eigenvalue weighted by molar-refractivity contribution is 5.94. The number of hydrogen-bond acceptors (Lipinski definition) is 3. The number of amides is 3. The Morgan fingerprint density at radius 2 is 1.03 bits per heavy atom. The fraction of sp³-hybridized carbons (Fsp3) is 0.364. The van der Waals surface area contributed by atoms with Crippen molar-refractivity contribution in [1.29, 1.82) is 0 Å².